The SMILES string of the molecule is CC1Cc2ccccc2N(C(=O)c2cccc(CN)c2)C1. The summed E-state index contributed by atoms with van der Waals surface area (Å²) in [5, 5.41) is 0. The summed E-state index contributed by atoms with van der Waals surface area (Å²) in [4.78, 5) is 14.8. The van der Waals surface area contributed by atoms with Gasteiger partial charge in [0, 0.05) is 24.3 Å². The number of hydrogen-bond donors (Lipinski definition) is 1. The van der Waals surface area contributed by atoms with Crippen molar-refractivity contribution in [1.82, 2.24) is 0 Å². The van der Waals surface area contributed by atoms with E-state index in [1.54, 1.807) is 0 Å². The van der Waals surface area contributed by atoms with Crippen LogP contribution >= 0.6 is 0 Å². The van der Waals surface area contributed by atoms with Gasteiger partial charge in [0.2, 0.25) is 0 Å². The smallest absolute Gasteiger partial charge is 0.258 e. The van der Waals surface area contributed by atoms with Gasteiger partial charge < -0.3 is 10.6 Å². The molecule has 3 rings (SSSR count). The lowest BCUT2D eigenvalue weighted by Crippen LogP contribution is -2.39. The predicted molar refractivity (Wildman–Crippen MR) is 85.3 cm³/mol. The molecule has 0 saturated carbocycles. The van der Waals surface area contributed by atoms with E-state index in [2.05, 4.69) is 13.0 Å². The number of carbonyl (C=O) groups excluding carboxylic acids is 1. The Kier molecular flexibility index (Phi) is 3.76. The third kappa shape index (κ3) is 2.69. The fraction of sp³-hybridized carbons (Fsp3) is 0.278. The number of nitrogens with two attached hydrogens (primary N) is 1. The first-order valence-electron chi connectivity index (χ1n) is 7.38. The molecular formula is C18H20N2O. The monoisotopic (exact) mass is 280 g/mol. The highest BCUT2D eigenvalue weighted by Gasteiger charge is 2.26. The normalized spacial score (nSPS) is 17.4. The molecule has 0 fully saturated rings. The van der Waals surface area contributed by atoms with Gasteiger partial charge in [0.15, 0.2) is 0 Å². The molecular weight excluding hydrogens is 260 g/mol. The van der Waals surface area contributed by atoms with Crippen molar-refractivity contribution in [2.45, 2.75) is 19.9 Å². The Morgan fingerprint density at radius 1 is 1.24 bits per heavy atom. The summed E-state index contributed by atoms with van der Waals surface area (Å²) >= 11 is 0. The second kappa shape index (κ2) is 5.70. The summed E-state index contributed by atoms with van der Waals surface area (Å²) < 4.78 is 0. The van der Waals surface area contributed by atoms with Crippen molar-refractivity contribution in [2.24, 2.45) is 11.7 Å². The maximum atomic E-state index is 12.9. The van der Waals surface area contributed by atoms with Crippen LogP contribution in [0.15, 0.2) is 48.5 Å². The van der Waals surface area contributed by atoms with Crippen LogP contribution in [-0.2, 0) is 13.0 Å². The Balaban J connectivity index is 1.97. The van der Waals surface area contributed by atoms with Crippen LogP contribution in [0.25, 0.3) is 0 Å². The molecule has 2 aromatic rings. The van der Waals surface area contributed by atoms with Gasteiger partial charge in [-0.3, -0.25) is 4.79 Å². The summed E-state index contributed by atoms with van der Waals surface area (Å²) in [6.07, 6.45) is 1.03. The minimum Gasteiger partial charge on any atom is -0.326 e. The third-order valence-corrected chi connectivity index (χ3v) is 4.00. The van der Waals surface area contributed by atoms with E-state index in [9.17, 15) is 4.79 Å². The Labute approximate surface area is 125 Å². The molecule has 3 heteroatoms. The zero-order chi connectivity index (χ0) is 14.8. The van der Waals surface area contributed by atoms with Crippen molar-refractivity contribution in [3.63, 3.8) is 0 Å². The molecule has 21 heavy (non-hydrogen) atoms. The number of carbonyl (C=O) groups is 1. The average Bonchev–Trinajstić information content (AvgIpc) is 2.53. The second-order valence-corrected chi connectivity index (χ2v) is 5.76. The van der Waals surface area contributed by atoms with Crippen molar-refractivity contribution >= 4 is 11.6 Å². The van der Waals surface area contributed by atoms with Gasteiger partial charge in [0.25, 0.3) is 5.91 Å². The number of rotatable bonds is 2. The molecule has 1 unspecified atom stereocenters. The second-order valence-electron chi connectivity index (χ2n) is 5.76. The van der Waals surface area contributed by atoms with Gasteiger partial charge in [-0.15, -0.1) is 0 Å². The van der Waals surface area contributed by atoms with Crippen LogP contribution in [0.1, 0.15) is 28.4 Å². The first-order chi connectivity index (χ1) is 10.2. The summed E-state index contributed by atoms with van der Waals surface area (Å²) in [5.74, 6) is 0.533. The van der Waals surface area contributed by atoms with Gasteiger partial charge in [-0.05, 0) is 41.7 Å². The van der Waals surface area contributed by atoms with Gasteiger partial charge in [0.05, 0.1) is 0 Å². The summed E-state index contributed by atoms with van der Waals surface area (Å²) in [6, 6.07) is 15.8. The molecule has 0 aliphatic carbocycles. The van der Waals surface area contributed by atoms with Gasteiger partial charge in [-0.25, -0.2) is 0 Å². The lowest BCUT2D eigenvalue weighted by molar-refractivity contribution is 0.0981. The number of nitrogens with zero attached hydrogens (tertiary/aromatic N) is 1. The number of para-hydroxylation sites is 1. The fourth-order valence-corrected chi connectivity index (χ4v) is 2.98. The minimum atomic E-state index is 0.0595. The number of benzene rings is 2. The largest absolute Gasteiger partial charge is 0.326 e. The molecule has 2 aromatic carbocycles. The molecule has 108 valence electrons. The van der Waals surface area contributed by atoms with Gasteiger partial charge in [-0.1, -0.05) is 37.3 Å². The van der Waals surface area contributed by atoms with Crippen molar-refractivity contribution in [3.8, 4) is 0 Å². The summed E-state index contributed by atoms with van der Waals surface area (Å²) in [6.45, 7) is 3.41. The molecule has 0 saturated heterocycles. The zero-order valence-corrected chi connectivity index (χ0v) is 12.3. The van der Waals surface area contributed by atoms with Gasteiger partial charge >= 0.3 is 0 Å². The Morgan fingerprint density at radius 2 is 2.05 bits per heavy atom. The standard InChI is InChI=1S/C18H20N2O/c1-13-9-15-6-2-3-8-17(15)20(12-13)18(21)16-7-4-5-14(10-16)11-19/h2-8,10,13H,9,11-12,19H2,1H3. The van der Waals surface area contributed by atoms with Crippen molar-refractivity contribution in [2.75, 3.05) is 11.4 Å². The molecule has 0 bridgehead atoms. The zero-order valence-electron chi connectivity index (χ0n) is 12.3. The van der Waals surface area contributed by atoms with Crippen molar-refractivity contribution in [1.29, 1.82) is 0 Å². The first kappa shape index (κ1) is 13.8. The van der Waals surface area contributed by atoms with Crippen LogP contribution in [-0.4, -0.2) is 12.5 Å². The fourth-order valence-electron chi connectivity index (χ4n) is 2.98. The number of fused-ring (bicyclic) bond motifs is 1. The third-order valence-electron chi connectivity index (χ3n) is 4.00. The van der Waals surface area contributed by atoms with Crippen molar-refractivity contribution in [3.05, 3.63) is 65.2 Å². The van der Waals surface area contributed by atoms with Crippen molar-refractivity contribution < 1.29 is 4.79 Å². The quantitative estimate of drug-likeness (QED) is 0.919. The molecule has 1 heterocycles. The van der Waals surface area contributed by atoms with Crippen LogP contribution < -0.4 is 10.6 Å². The molecule has 1 atom stereocenters. The van der Waals surface area contributed by atoms with Crippen LogP contribution in [0.5, 0.6) is 0 Å². The van der Waals surface area contributed by atoms with E-state index in [4.69, 9.17) is 5.73 Å². The number of amides is 1. The first-order valence-corrected chi connectivity index (χ1v) is 7.38. The highest BCUT2D eigenvalue weighted by Crippen LogP contribution is 2.30. The Morgan fingerprint density at radius 3 is 2.86 bits per heavy atom. The lowest BCUT2D eigenvalue weighted by atomic mass is 9.93. The van der Waals surface area contributed by atoms with Gasteiger partial charge in [0.1, 0.15) is 0 Å². The van der Waals surface area contributed by atoms with Crippen LogP contribution in [0.3, 0.4) is 0 Å². The summed E-state index contributed by atoms with van der Waals surface area (Å²) in [5.41, 5.74) is 9.66. The Hall–Kier alpha value is -2.13. The topological polar surface area (TPSA) is 46.3 Å². The molecule has 1 aliphatic rings. The highest BCUT2D eigenvalue weighted by molar-refractivity contribution is 6.06. The van der Waals surface area contributed by atoms with Crippen LogP contribution in [0.4, 0.5) is 5.69 Å². The van der Waals surface area contributed by atoms with E-state index in [1.807, 2.05) is 47.4 Å². The van der Waals surface area contributed by atoms with E-state index in [1.165, 1.54) is 5.56 Å². The molecule has 2 N–H and O–H groups in total. The molecule has 1 amide bonds. The highest BCUT2D eigenvalue weighted by atomic mass is 16.2. The van der Waals surface area contributed by atoms with E-state index < -0.39 is 0 Å². The maximum Gasteiger partial charge on any atom is 0.258 e. The number of hydrogen-bond acceptors (Lipinski definition) is 2. The maximum absolute atomic E-state index is 12.9. The molecule has 0 radical (unpaired) electrons. The summed E-state index contributed by atoms with van der Waals surface area (Å²) in [7, 11) is 0. The molecule has 3 nitrogen and oxygen atoms in total. The van der Waals surface area contributed by atoms with E-state index in [0.29, 0.717) is 18.0 Å². The number of anilines is 1. The predicted octanol–water partition coefficient (Wildman–Crippen LogP) is 2.98. The van der Waals surface area contributed by atoms with Crippen LogP contribution in [0.2, 0.25) is 0 Å². The lowest BCUT2D eigenvalue weighted by Gasteiger charge is -2.33. The molecule has 0 aromatic heterocycles. The van der Waals surface area contributed by atoms with Crippen LogP contribution in [0, 0.1) is 5.92 Å². The molecule has 1 aliphatic heterocycles. The van der Waals surface area contributed by atoms with E-state index in [-0.39, 0.29) is 5.91 Å². The van der Waals surface area contributed by atoms with Gasteiger partial charge in [-0.2, -0.15) is 0 Å². The van der Waals surface area contributed by atoms with E-state index >= 15 is 0 Å². The minimum absolute atomic E-state index is 0.0595. The average molecular weight is 280 g/mol. The van der Waals surface area contributed by atoms with E-state index in [0.717, 1.165) is 24.2 Å². The molecule has 0 spiro atoms. The Bertz CT molecular complexity index is 666.